The van der Waals surface area contributed by atoms with E-state index >= 15 is 0 Å². The summed E-state index contributed by atoms with van der Waals surface area (Å²) < 4.78 is 5.12. The lowest BCUT2D eigenvalue weighted by atomic mass is 9.88. The van der Waals surface area contributed by atoms with Crippen molar-refractivity contribution in [2.45, 2.75) is 71.8 Å². The van der Waals surface area contributed by atoms with E-state index in [1.165, 1.54) is 0 Å². The number of carbonyl (C=O) groups excluding carboxylic acids is 3. The van der Waals surface area contributed by atoms with Crippen LogP contribution in [0.25, 0.3) is 0 Å². The average Bonchev–Trinajstić information content (AvgIpc) is 3.20. The molecule has 2 aliphatic rings. The second-order valence-electron chi connectivity index (χ2n) is 8.03. The molecule has 1 fully saturated rings. The highest BCUT2D eigenvalue weighted by Gasteiger charge is 2.37. The summed E-state index contributed by atoms with van der Waals surface area (Å²) in [4.78, 5) is 42.2. The maximum absolute atomic E-state index is 13.1. The predicted molar refractivity (Wildman–Crippen MR) is 112 cm³/mol. The van der Waals surface area contributed by atoms with E-state index in [9.17, 15) is 14.4 Å². The molecule has 1 N–H and O–H groups in total. The number of hydrogen-bond acceptors (Lipinski definition) is 4. The Balaban J connectivity index is 2.17. The third-order valence-corrected chi connectivity index (χ3v) is 6.10. The number of amides is 3. The molecule has 0 saturated heterocycles. The Labute approximate surface area is 174 Å². The van der Waals surface area contributed by atoms with E-state index in [-0.39, 0.29) is 30.2 Å². The van der Waals surface area contributed by atoms with Gasteiger partial charge in [-0.15, -0.1) is 0 Å². The lowest BCUT2D eigenvalue weighted by molar-refractivity contribution is -0.139. The summed E-state index contributed by atoms with van der Waals surface area (Å²) in [6.07, 6.45) is 5.47. The molecule has 1 heterocycles. The zero-order valence-electron chi connectivity index (χ0n) is 18.5. The van der Waals surface area contributed by atoms with Crippen molar-refractivity contribution in [2.24, 2.45) is 5.92 Å². The Hall–Kier alpha value is -1.89. The van der Waals surface area contributed by atoms with Gasteiger partial charge >= 0.3 is 0 Å². The van der Waals surface area contributed by atoms with Crippen molar-refractivity contribution in [3.05, 3.63) is 11.3 Å². The third kappa shape index (κ3) is 6.04. The van der Waals surface area contributed by atoms with E-state index in [4.69, 9.17) is 4.74 Å². The summed E-state index contributed by atoms with van der Waals surface area (Å²) in [5.74, 6) is -0.660. The predicted octanol–water partition coefficient (Wildman–Crippen LogP) is 2.46. The normalized spacial score (nSPS) is 20.3. The van der Waals surface area contributed by atoms with Gasteiger partial charge in [0.2, 0.25) is 11.8 Å². The summed E-state index contributed by atoms with van der Waals surface area (Å²) in [5.41, 5.74) is 1.37. The molecule has 29 heavy (non-hydrogen) atoms. The van der Waals surface area contributed by atoms with Crippen LogP contribution >= 0.6 is 0 Å². The number of nitrogens with one attached hydrogen (secondary N) is 1. The van der Waals surface area contributed by atoms with Crippen molar-refractivity contribution in [2.75, 3.05) is 33.4 Å². The second-order valence-corrected chi connectivity index (χ2v) is 8.03. The van der Waals surface area contributed by atoms with E-state index < -0.39 is 5.92 Å². The summed E-state index contributed by atoms with van der Waals surface area (Å²) in [6.45, 7) is 8.03. The SMILES string of the molecule is CCN(CC)C(=O)C1=C(C)N(CCCOC)C(=O)C(CC(=O)NC2CCCC2)C1. The summed E-state index contributed by atoms with van der Waals surface area (Å²) in [5, 5.41) is 3.07. The van der Waals surface area contributed by atoms with Gasteiger partial charge in [0.25, 0.3) is 5.91 Å². The van der Waals surface area contributed by atoms with E-state index in [1.54, 1.807) is 16.9 Å². The van der Waals surface area contributed by atoms with Gasteiger partial charge < -0.3 is 19.9 Å². The molecule has 164 valence electrons. The highest BCUT2D eigenvalue weighted by atomic mass is 16.5. The van der Waals surface area contributed by atoms with Gasteiger partial charge in [-0.3, -0.25) is 14.4 Å². The summed E-state index contributed by atoms with van der Waals surface area (Å²) in [7, 11) is 1.63. The molecule has 0 spiro atoms. The van der Waals surface area contributed by atoms with Gasteiger partial charge in [0.15, 0.2) is 0 Å². The highest BCUT2D eigenvalue weighted by molar-refractivity contribution is 5.98. The number of allylic oxidation sites excluding steroid dienone is 1. The molecule has 7 nitrogen and oxygen atoms in total. The van der Waals surface area contributed by atoms with Gasteiger partial charge in [0.05, 0.1) is 5.92 Å². The minimum Gasteiger partial charge on any atom is -0.385 e. The van der Waals surface area contributed by atoms with Gasteiger partial charge in [-0.1, -0.05) is 12.8 Å². The Morgan fingerprint density at radius 2 is 1.86 bits per heavy atom. The first-order chi connectivity index (χ1) is 13.9. The standard InChI is InChI=1S/C22H37N3O4/c1-5-24(6-2)22(28)19-14-17(15-20(26)23-18-10-7-8-11-18)21(27)25(16(19)3)12-9-13-29-4/h17-18H,5-15H2,1-4H3,(H,23,26). The summed E-state index contributed by atoms with van der Waals surface area (Å²) >= 11 is 0. The molecular weight excluding hydrogens is 370 g/mol. The highest BCUT2D eigenvalue weighted by Crippen LogP contribution is 2.31. The van der Waals surface area contributed by atoms with Crippen LogP contribution in [0, 0.1) is 5.92 Å². The maximum atomic E-state index is 13.1. The molecule has 3 amide bonds. The van der Waals surface area contributed by atoms with E-state index in [1.807, 2.05) is 20.8 Å². The van der Waals surface area contributed by atoms with Crippen LogP contribution in [0.15, 0.2) is 11.3 Å². The Morgan fingerprint density at radius 1 is 1.21 bits per heavy atom. The van der Waals surface area contributed by atoms with Crippen LogP contribution in [0.2, 0.25) is 0 Å². The van der Waals surface area contributed by atoms with Gasteiger partial charge in [0, 0.05) is 57.1 Å². The molecular formula is C22H37N3O4. The number of rotatable bonds is 10. The zero-order chi connectivity index (χ0) is 21.4. The zero-order valence-corrected chi connectivity index (χ0v) is 18.5. The molecule has 0 radical (unpaired) electrons. The van der Waals surface area contributed by atoms with Gasteiger partial charge in [0.1, 0.15) is 0 Å². The first-order valence-corrected chi connectivity index (χ1v) is 11.0. The molecule has 1 aliphatic carbocycles. The van der Waals surface area contributed by atoms with E-state index in [0.717, 1.165) is 31.4 Å². The maximum Gasteiger partial charge on any atom is 0.251 e. The Bertz CT molecular complexity index is 622. The smallest absolute Gasteiger partial charge is 0.251 e. The monoisotopic (exact) mass is 407 g/mol. The minimum absolute atomic E-state index is 0.0297. The number of hydrogen-bond donors (Lipinski definition) is 1. The van der Waals surface area contributed by atoms with Crippen LogP contribution in [0.5, 0.6) is 0 Å². The number of carbonyl (C=O) groups is 3. The molecule has 0 aromatic carbocycles. The Morgan fingerprint density at radius 3 is 2.45 bits per heavy atom. The largest absolute Gasteiger partial charge is 0.385 e. The van der Waals surface area contributed by atoms with Crippen LogP contribution < -0.4 is 5.32 Å². The van der Waals surface area contributed by atoms with Crippen molar-refractivity contribution in [1.82, 2.24) is 15.1 Å². The topological polar surface area (TPSA) is 79.0 Å². The Kier molecular flexibility index (Phi) is 9.14. The minimum atomic E-state index is -0.489. The molecule has 1 atom stereocenters. The number of nitrogens with zero attached hydrogens (tertiary/aromatic N) is 2. The van der Waals surface area contributed by atoms with Crippen LogP contribution in [0.3, 0.4) is 0 Å². The average molecular weight is 408 g/mol. The fourth-order valence-corrected chi connectivity index (χ4v) is 4.36. The first kappa shape index (κ1) is 23.4. The summed E-state index contributed by atoms with van der Waals surface area (Å²) in [6, 6.07) is 0.230. The van der Waals surface area contributed by atoms with E-state index in [0.29, 0.717) is 44.7 Å². The molecule has 2 rings (SSSR count). The van der Waals surface area contributed by atoms with Gasteiger partial charge in [-0.2, -0.15) is 0 Å². The van der Waals surface area contributed by atoms with E-state index in [2.05, 4.69) is 5.32 Å². The van der Waals surface area contributed by atoms with Crippen LogP contribution in [0.1, 0.15) is 65.7 Å². The lowest BCUT2D eigenvalue weighted by Gasteiger charge is -2.36. The first-order valence-electron chi connectivity index (χ1n) is 11.0. The fraction of sp³-hybridized carbons (Fsp3) is 0.773. The molecule has 1 saturated carbocycles. The van der Waals surface area contributed by atoms with Crippen molar-refractivity contribution in [1.29, 1.82) is 0 Å². The molecule has 0 bridgehead atoms. The van der Waals surface area contributed by atoms with Gasteiger partial charge in [-0.05, 0) is 46.5 Å². The molecule has 7 heteroatoms. The van der Waals surface area contributed by atoms with Crippen LogP contribution in [-0.2, 0) is 19.1 Å². The lowest BCUT2D eigenvalue weighted by Crippen LogP contribution is -2.45. The quantitative estimate of drug-likeness (QED) is 0.564. The molecule has 1 aliphatic heterocycles. The van der Waals surface area contributed by atoms with Crippen molar-refractivity contribution < 1.29 is 19.1 Å². The van der Waals surface area contributed by atoms with Gasteiger partial charge in [-0.25, -0.2) is 0 Å². The molecule has 0 aromatic rings. The van der Waals surface area contributed by atoms with Crippen molar-refractivity contribution in [3.8, 4) is 0 Å². The number of methoxy groups -OCH3 is 1. The van der Waals surface area contributed by atoms with Crippen LogP contribution in [-0.4, -0.2) is 66.9 Å². The van der Waals surface area contributed by atoms with Crippen LogP contribution in [0.4, 0.5) is 0 Å². The number of likely N-dealkylation sites (N-methyl/N-ethyl adjacent to an activating group) is 1. The second kappa shape index (κ2) is 11.3. The molecule has 0 aromatic heterocycles. The number of ether oxygens (including phenoxy) is 1. The fourth-order valence-electron chi connectivity index (χ4n) is 4.36. The molecule has 1 unspecified atom stereocenters. The van der Waals surface area contributed by atoms with Crippen molar-refractivity contribution >= 4 is 17.7 Å². The third-order valence-electron chi connectivity index (χ3n) is 6.10. The van der Waals surface area contributed by atoms with Crippen molar-refractivity contribution in [3.63, 3.8) is 0 Å².